The van der Waals surface area contributed by atoms with Gasteiger partial charge in [-0.25, -0.2) is 0 Å². The first-order valence-electron chi connectivity index (χ1n) is 23.1. The Balaban J connectivity index is 4.63. The number of aliphatic hydroxyl groups excluding tert-OH is 2. The summed E-state index contributed by atoms with van der Waals surface area (Å²) in [5.41, 5.74) is 0. The molecule has 312 valence electrons. The van der Waals surface area contributed by atoms with Crippen molar-refractivity contribution in [2.45, 2.75) is 257 Å². The molecule has 0 aliphatic carbocycles. The summed E-state index contributed by atoms with van der Waals surface area (Å²) in [7, 11) is 0. The Morgan fingerprint density at radius 3 is 1.47 bits per heavy atom. The van der Waals surface area contributed by atoms with Crippen molar-refractivity contribution in [1.29, 1.82) is 0 Å². The van der Waals surface area contributed by atoms with Crippen LogP contribution in [0.25, 0.3) is 0 Å². The Hall–Kier alpha value is -1.66. The molecule has 0 saturated carbocycles. The summed E-state index contributed by atoms with van der Waals surface area (Å²) in [5.74, 6) is -0.596. The highest BCUT2D eigenvalue weighted by Crippen LogP contribution is 2.16. The summed E-state index contributed by atoms with van der Waals surface area (Å²) in [4.78, 5) is 25.9. The second kappa shape index (κ2) is 41.5. The van der Waals surface area contributed by atoms with Crippen molar-refractivity contribution in [3.05, 3.63) is 24.3 Å². The average Bonchev–Trinajstić information content (AvgIpc) is 3.15. The Kier molecular flexibility index (Phi) is 40.2. The lowest BCUT2D eigenvalue weighted by atomic mass is 10.0. The SMILES string of the molecule is CCCCCCCC/C=C\C/C=C/C(CC(=O)NC(CO)C(O)CCCCCCCCCCC)OC(=O)CCCCCCCCCCCCCCCC. The molecule has 0 saturated heterocycles. The maximum atomic E-state index is 13.1. The van der Waals surface area contributed by atoms with Crippen molar-refractivity contribution in [3.63, 3.8) is 0 Å². The standard InChI is InChI=1S/C47H89NO5/c1-4-7-10-13-16-19-21-22-23-25-28-31-34-37-40-47(52)53-43(38-35-32-29-27-24-20-17-14-11-8-5-2)41-46(51)48-44(42-49)45(50)39-36-33-30-26-18-15-12-9-6-3/h27,29,35,38,43-45,49-50H,4-26,28,30-34,36-37,39-42H2,1-3H3,(H,48,51)/b29-27-,38-35+. The molecule has 0 radical (unpaired) electrons. The minimum Gasteiger partial charge on any atom is -0.458 e. The number of ether oxygens (including phenoxy) is 1. The van der Waals surface area contributed by atoms with Gasteiger partial charge in [-0.05, 0) is 38.2 Å². The van der Waals surface area contributed by atoms with E-state index >= 15 is 0 Å². The molecule has 1 amide bonds. The molecule has 0 fully saturated rings. The van der Waals surface area contributed by atoms with E-state index in [2.05, 4.69) is 38.2 Å². The van der Waals surface area contributed by atoms with Crippen LogP contribution in [-0.4, -0.2) is 46.9 Å². The fraction of sp³-hybridized carbons (Fsp3) is 0.872. The largest absolute Gasteiger partial charge is 0.458 e. The number of unbranched alkanes of at least 4 members (excludes halogenated alkanes) is 27. The van der Waals surface area contributed by atoms with E-state index in [9.17, 15) is 19.8 Å². The summed E-state index contributed by atoms with van der Waals surface area (Å²) >= 11 is 0. The molecule has 0 aromatic carbocycles. The maximum Gasteiger partial charge on any atom is 0.306 e. The molecule has 53 heavy (non-hydrogen) atoms. The third-order valence-electron chi connectivity index (χ3n) is 10.5. The zero-order chi connectivity index (χ0) is 38.9. The minimum atomic E-state index is -0.804. The molecule has 0 aromatic heterocycles. The second-order valence-electron chi connectivity index (χ2n) is 15.8. The molecule has 6 heteroatoms. The number of hydrogen-bond acceptors (Lipinski definition) is 5. The molecular formula is C47H89NO5. The second-order valence-corrected chi connectivity index (χ2v) is 15.8. The van der Waals surface area contributed by atoms with Gasteiger partial charge in [0, 0.05) is 6.42 Å². The molecule has 3 unspecified atom stereocenters. The van der Waals surface area contributed by atoms with Crippen LogP contribution in [0.5, 0.6) is 0 Å². The molecule has 0 spiro atoms. The Morgan fingerprint density at radius 1 is 0.566 bits per heavy atom. The summed E-state index contributed by atoms with van der Waals surface area (Å²) in [6.45, 7) is 6.42. The number of carbonyl (C=O) groups is 2. The molecule has 0 heterocycles. The lowest BCUT2D eigenvalue weighted by Gasteiger charge is -2.23. The van der Waals surface area contributed by atoms with Gasteiger partial charge in [-0.15, -0.1) is 0 Å². The fourth-order valence-electron chi connectivity index (χ4n) is 6.98. The van der Waals surface area contributed by atoms with Gasteiger partial charge in [0.05, 0.1) is 25.2 Å². The first-order chi connectivity index (χ1) is 26.0. The topological polar surface area (TPSA) is 95.9 Å². The Morgan fingerprint density at radius 2 is 1.00 bits per heavy atom. The highest BCUT2D eigenvalue weighted by atomic mass is 16.5. The van der Waals surface area contributed by atoms with Gasteiger partial charge in [-0.2, -0.15) is 0 Å². The van der Waals surface area contributed by atoms with Crippen LogP contribution in [0, 0.1) is 0 Å². The zero-order valence-corrected chi connectivity index (χ0v) is 35.4. The number of allylic oxidation sites excluding steroid dienone is 3. The summed E-state index contributed by atoms with van der Waals surface area (Å²) < 4.78 is 5.80. The van der Waals surface area contributed by atoms with Crippen LogP contribution in [0.15, 0.2) is 24.3 Å². The Labute approximate surface area is 329 Å². The third kappa shape index (κ3) is 37.1. The van der Waals surface area contributed by atoms with E-state index in [1.807, 2.05) is 12.2 Å². The normalized spacial score (nSPS) is 13.5. The molecule has 3 N–H and O–H groups in total. The molecule has 0 aliphatic heterocycles. The third-order valence-corrected chi connectivity index (χ3v) is 10.5. The van der Waals surface area contributed by atoms with Crippen LogP contribution in [-0.2, 0) is 14.3 Å². The molecular weight excluding hydrogens is 659 g/mol. The van der Waals surface area contributed by atoms with Crippen LogP contribution in [0.3, 0.4) is 0 Å². The zero-order valence-electron chi connectivity index (χ0n) is 35.4. The van der Waals surface area contributed by atoms with E-state index in [1.54, 1.807) is 0 Å². The van der Waals surface area contributed by atoms with E-state index in [4.69, 9.17) is 4.74 Å². The van der Waals surface area contributed by atoms with Gasteiger partial charge in [0.1, 0.15) is 6.10 Å². The van der Waals surface area contributed by atoms with Crippen molar-refractivity contribution in [1.82, 2.24) is 5.32 Å². The molecule has 0 bridgehead atoms. The number of rotatable bonds is 41. The molecule has 0 aliphatic rings. The number of nitrogens with one attached hydrogen (secondary N) is 1. The van der Waals surface area contributed by atoms with E-state index in [-0.39, 0.29) is 24.9 Å². The number of esters is 1. The van der Waals surface area contributed by atoms with E-state index in [0.29, 0.717) is 12.8 Å². The summed E-state index contributed by atoms with van der Waals surface area (Å²) in [5, 5.41) is 23.5. The first-order valence-corrected chi connectivity index (χ1v) is 23.1. The van der Waals surface area contributed by atoms with Gasteiger partial charge < -0.3 is 20.3 Å². The summed E-state index contributed by atoms with van der Waals surface area (Å²) in [6, 6.07) is -0.725. The van der Waals surface area contributed by atoms with E-state index < -0.39 is 18.2 Å². The Bertz CT molecular complexity index is 843. The highest BCUT2D eigenvalue weighted by molar-refractivity contribution is 5.78. The quantitative estimate of drug-likeness (QED) is 0.0329. The predicted octanol–water partition coefficient (Wildman–Crippen LogP) is 13.2. The van der Waals surface area contributed by atoms with Crippen LogP contribution in [0.1, 0.15) is 239 Å². The number of aliphatic hydroxyl groups is 2. The van der Waals surface area contributed by atoms with Crippen LogP contribution in [0.2, 0.25) is 0 Å². The van der Waals surface area contributed by atoms with Crippen molar-refractivity contribution >= 4 is 11.9 Å². The number of carbonyl (C=O) groups excluding carboxylic acids is 2. The smallest absolute Gasteiger partial charge is 0.306 e. The first kappa shape index (κ1) is 51.3. The molecule has 3 atom stereocenters. The lowest BCUT2D eigenvalue weighted by molar-refractivity contribution is -0.148. The molecule has 0 aromatic rings. The van der Waals surface area contributed by atoms with Crippen LogP contribution < -0.4 is 5.32 Å². The van der Waals surface area contributed by atoms with E-state index in [0.717, 1.165) is 51.4 Å². The number of hydrogen-bond donors (Lipinski definition) is 3. The van der Waals surface area contributed by atoms with Gasteiger partial charge in [0.15, 0.2) is 0 Å². The lowest BCUT2D eigenvalue weighted by Crippen LogP contribution is -2.46. The van der Waals surface area contributed by atoms with E-state index in [1.165, 1.54) is 148 Å². The average molecular weight is 748 g/mol. The van der Waals surface area contributed by atoms with Crippen molar-refractivity contribution in [3.8, 4) is 0 Å². The van der Waals surface area contributed by atoms with Crippen molar-refractivity contribution in [2.24, 2.45) is 0 Å². The maximum absolute atomic E-state index is 13.1. The predicted molar refractivity (Wildman–Crippen MR) is 227 cm³/mol. The van der Waals surface area contributed by atoms with Gasteiger partial charge in [0.2, 0.25) is 5.91 Å². The highest BCUT2D eigenvalue weighted by Gasteiger charge is 2.23. The van der Waals surface area contributed by atoms with Gasteiger partial charge in [0.25, 0.3) is 0 Å². The van der Waals surface area contributed by atoms with Gasteiger partial charge in [-0.3, -0.25) is 9.59 Å². The molecule has 6 nitrogen and oxygen atoms in total. The van der Waals surface area contributed by atoms with Gasteiger partial charge >= 0.3 is 5.97 Å². The monoisotopic (exact) mass is 748 g/mol. The van der Waals surface area contributed by atoms with Crippen molar-refractivity contribution in [2.75, 3.05) is 6.61 Å². The van der Waals surface area contributed by atoms with Gasteiger partial charge in [-0.1, -0.05) is 212 Å². The van der Waals surface area contributed by atoms with Crippen molar-refractivity contribution < 1.29 is 24.5 Å². The minimum absolute atomic E-state index is 0.0241. The number of amides is 1. The van der Waals surface area contributed by atoms with Crippen LogP contribution in [0.4, 0.5) is 0 Å². The molecule has 0 rings (SSSR count). The van der Waals surface area contributed by atoms with Crippen LogP contribution >= 0.6 is 0 Å². The summed E-state index contributed by atoms with van der Waals surface area (Å²) in [6.07, 6.45) is 45.6. The fourth-order valence-corrected chi connectivity index (χ4v) is 6.98.